The van der Waals surface area contributed by atoms with Crippen molar-refractivity contribution < 1.29 is 9.21 Å². The van der Waals surface area contributed by atoms with Crippen LogP contribution in [-0.2, 0) is 6.54 Å². The Balaban J connectivity index is 1.54. The SMILES string of the molecule is CN=C(NCc1ccc(Cl)cc1Cl)N1CCN(C(=O)c2ccco2)CC1. The molecule has 6 nitrogen and oxygen atoms in total. The van der Waals surface area contributed by atoms with Gasteiger partial charge < -0.3 is 19.5 Å². The van der Waals surface area contributed by atoms with E-state index in [-0.39, 0.29) is 5.91 Å². The number of nitrogens with one attached hydrogen (secondary N) is 1. The van der Waals surface area contributed by atoms with Gasteiger partial charge in [-0.3, -0.25) is 9.79 Å². The fraction of sp³-hybridized carbons (Fsp3) is 0.333. The van der Waals surface area contributed by atoms with Gasteiger partial charge in [-0.2, -0.15) is 0 Å². The van der Waals surface area contributed by atoms with Crippen molar-refractivity contribution in [3.05, 3.63) is 58.0 Å². The Kier molecular flexibility index (Phi) is 6.06. The van der Waals surface area contributed by atoms with E-state index in [0.717, 1.165) is 11.5 Å². The lowest BCUT2D eigenvalue weighted by Gasteiger charge is -2.36. The molecule has 2 heterocycles. The highest BCUT2D eigenvalue weighted by atomic mass is 35.5. The lowest BCUT2D eigenvalue weighted by Crippen LogP contribution is -2.53. The van der Waals surface area contributed by atoms with Crippen molar-refractivity contribution in [2.45, 2.75) is 6.54 Å². The molecule has 0 bridgehead atoms. The Morgan fingerprint density at radius 3 is 2.54 bits per heavy atom. The molecule has 0 spiro atoms. The lowest BCUT2D eigenvalue weighted by molar-refractivity contribution is 0.0657. The van der Waals surface area contributed by atoms with Gasteiger partial charge >= 0.3 is 0 Å². The molecule has 0 radical (unpaired) electrons. The third-order valence-electron chi connectivity index (χ3n) is 4.26. The van der Waals surface area contributed by atoms with Crippen LogP contribution in [0.15, 0.2) is 46.0 Å². The molecular formula is C18H20Cl2N4O2. The lowest BCUT2D eigenvalue weighted by atomic mass is 10.2. The molecule has 2 aromatic rings. The highest BCUT2D eigenvalue weighted by Crippen LogP contribution is 2.20. The number of furan rings is 1. The Morgan fingerprint density at radius 2 is 1.92 bits per heavy atom. The summed E-state index contributed by atoms with van der Waals surface area (Å²) in [7, 11) is 1.74. The minimum Gasteiger partial charge on any atom is -0.459 e. The van der Waals surface area contributed by atoms with Gasteiger partial charge in [0.05, 0.1) is 6.26 Å². The van der Waals surface area contributed by atoms with E-state index in [2.05, 4.69) is 15.2 Å². The van der Waals surface area contributed by atoms with E-state index >= 15 is 0 Å². The van der Waals surface area contributed by atoms with E-state index < -0.39 is 0 Å². The number of aliphatic imine (C=N–C) groups is 1. The normalized spacial score (nSPS) is 15.3. The number of amides is 1. The summed E-state index contributed by atoms with van der Waals surface area (Å²) in [5.74, 6) is 1.07. The van der Waals surface area contributed by atoms with Gasteiger partial charge in [0.1, 0.15) is 0 Å². The third-order valence-corrected chi connectivity index (χ3v) is 4.85. The van der Waals surface area contributed by atoms with E-state index in [1.54, 1.807) is 30.1 Å². The number of hydrogen-bond donors (Lipinski definition) is 1. The number of halogens is 2. The molecule has 0 aliphatic carbocycles. The highest BCUT2D eigenvalue weighted by Gasteiger charge is 2.25. The summed E-state index contributed by atoms with van der Waals surface area (Å²) in [6.45, 7) is 3.17. The van der Waals surface area contributed by atoms with Crippen molar-refractivity contribution in [2.24, 2.45) is 4.99 Å². The van der Waals surface area contributed by atoms with Gasteiger partial charge in [-0.15, -0.1) is 0 Å². The van der Waals surface area contributed by atoms with Crippen LogP contribution in [0.2, 0.25) is 10.0 Å². The minimum absolute atomic E-state index is 0.0782. The van der Waals surface area contributed by atoms with Crippen molar-refractivity contribution in [2.75, 3.05) is 33.2 Å². The maximum Gasteiger partial charge on any atom is 0.289 e. The van der Waals surface area contributed by atoms with Crippen molar-refractivity contribution >= 4 is 35.1 Å². The van der Waals surface area contributed by atoms with Crippen molar-refractivity contribution in [1.29, 1.82) is 0 Å². The first-order chi connectivity index (χ1) is 12.6. The molecule has 1 N–H and O–H groups in total. The smallest absolute Gasteiger partial charge is 0.289 e. The number of piperazine rings is 1. The van der Waals surface area contributed by atoms with Gasteiger partial charge in [-0.25, -0.2) is 0 Å². The van der Waals surface area contributed by atoms with E-state index in [9.17, 15) is 4.79 Å². The van der Waals surface area contributed by atoms with Gasteiger partial charge in [0.15, 0.2) is 11.7 Å². The van der Waals surface area contributed by atoms with Crippen LogP contribution < -0.4 is 5.32 Å². The van der Waals surface area contributed by atoms with Crippen LogP contribution >= 0.6 is 23.2 Å². The average molecular weight is 395 g/mol. The van der Waals surface area contributed by atoms with Gasteiger partial charge in [-0.05, 0) is 29.8 Å². The van der Waals surface area contributed by atoms with Crippen LogP contribution in [-0.4, -0.2) is 54.9 Å². The van der Waals surface area contributed by atoms with Crippen molar-refractivity contribution in [3.8, 4) is 0 Å². The molecule has 138 valence electrons. The summed E-state index contributed by atoms with van der Waals surface area (Å²) >= 11 is 12.1. The van der Waals surface area contributed by atoms with Gasteiger partial charge in [0, 0.05) is 49.8 Å². The third kappa shape index (κ3) is 4.31. The highest BCUT2D eigenvalue weighted by molar-refractivity contribution is 6.35. The fourth-order valence-electron chi connectivity index (χ4n) is 2.85. The molecule has 1 aliphatic rings. The Morgan fingerprint density at radius 1 is 1.19 bits per heavy atom. The van der Waals surface area contributed by atoms with E-state index in [1.165, 1.54) is 6.26 Å². The van der Waals surface area contributed by atoms with Crippen LogP contribution in [0.5, 0.6) is 0 Å². The molecule has 0 atom stereocenters. The standard InChI is InChI=1S/C18H20Cl2N4O2/c1-21-18(22-12-13-4-5-14(19)11-15(13)20)24-8-6-23(7-9-24)17(25)16-3-2-10-26-16/h2-5,10-11H,6-9,12H2,1H3,(H,21,22). The molecule has 8 heteroatoms. The second kappa shape index (κ2) is 8.47. The summed E-state index contributed by atoms with van der Waals surface area (Å²) in [5.41, 5.74) is 0.948. The van der Waals surface area contributed by atoms with Crippen LogP contribution in [0, 0.1) is 0 Å². The van der Waals surface area contributed by atoms with Crippen molar-refractivity contribution in [3.63, 3.8) is 0 Å². The maximum atomic E-state index is 12.3. The Labute approximate surface area is 162 Å². The summed E-state index contributed by atoms with van der Waals surface area (Å²) in [5, 5.41) is 4.55. The van der Waals surface area contributed by atoms with Gasteiger partial charge in [0.2, 0.25) is 0 Å². The summed E-state index contributed by atoms with van der Waals surface area (Å²) in [4.78, 5) is 20.6. The summed E-state index contributed by atoms with van der Waals surface area (Å²) in [6.07, 6.45) is 1.51. The van der Waals surface area contributed by atoms with E-state index in [4.69, 9.17) is 27.6 Å². The van der Waals surface area contributed by atoms with Crippen LogP contribution in [0.25, 0.3) is 0 Å². The molecule has 1 amide bonds. The maximum absolute atomic E-state index is 12.3. The first-order valence-electron chi connectivity index (χ1n) is 8.31. The van der Waals surface area contributed by atoms with Crippen LogP contribution in [0.4, 0.5) is 0 Å². The first-order valence-corrected chi connectivity index (χ1v) is 9.06. The molecule has 3 rings (SSSR count). The van der Waals surface area contributed by atoms with Crippen LogP contribution in [0.1, 0.15) is 16.1 Å². The molecule has 1 saturated heterocycles. The number of benzene rings is 1. The predicted octanol–water partition coefficient (Wildman–Crippen LogP) is 3.12. The molecular weight excluding hydrogens is 375 g/mol. The molecule has 0 unspecified atom stereocenters. The quantitative estimate of drug-likeness (QED) is 0.641. The molecule has 1 aromatic carbocycles. The van der Waals surface area contributed by atoms with E-state index in [0.29, 0.717) is 48.5 Å². The molecule has 1 fully saturated rings. The average Bonchev–Trinajstić information content (AvgIpc) is 3.18. The Hall–Kier alpha value is -2.18. The van der Waals surface area contributed by atoms with Gasteiger partial charge in [-0.1, -0.05) is 29.3 Å². The molecule has 1 aromatic heterocycles. The Bertz CT molecular complexity index is 784. The van der Waals surface area contributed by atoms with Crippen LogP contribution in [0.3, 0.4) is 0 Å². The van der Waals surface area contributed by atoms with E-state index in [1.807, 2.05) is 12.1 Å². The topological polar surface area (TPSA) is 61.1 Å². The number of carbonyl (C=O) groups excluding carboxylic acids is 1. The van der Waals surface area contributed by atoms with Gasteiger partial charge in [0.25, 0.3) is 5.91 Å². The largest absolute Gasteiger partial charge is 0.459 e. The zero-order valence-corrected chi connectivity index (χ0v) is 15.9. The molecule has 26 heavy (non-hydrogen) atoms. The minimum atomic E-state index is -0.0782. The first kappa shape index (κ1) is 18.6. The van der Waals surface area contributed by atoms with Crippen molar-refractivity contribution in [1.82, 2.24) is 15.1 Å². The second-order valence-electron chi connectivity index (χ2n) is 5.89. The fourth-order valence-corrected chi connectivity index (χ4v) is 3.32. The number of guanidine groups is 1. The molecule has 0 saturated carbocycles. The second-order valence-corrected chi connectivity index (χ2v) is 6.74. The number of rotatable bonds is 3. The molecule has 1 aliphatic heterocycles. The zero-order valence-electron chi connectivity index (χ0n) is 14.4. The summed E-state index contributed by atoms with van der Waals surface area (Å²) in [6, 6.07) is 8.83. The zero-order chi connectivity index (χ0) is 18.5. The predicted molar refractivity (Wildman–Crippen MR) is 103 cm³/mol. The number of nitrogens with zero attached hydrogens (tertiary/aromatic N) is 3. The number of hydrogen-bond acceptors (Lipinski definition) is 3. The monoisotopic (exact) mass is 394 g/mol. The number of carbonyl (C=O) groups is 1. The summed E-state index contributed by atoms with van der Waals surface area (Å²) < 4.78 is 5.19.